The van der Waals surface area contributed by atoms with Gasteiger partial charge in [-0.25, -0.2) is 0 Å². The first kappa shape index (κ1) is 12.5. The minimum absolute atomic E-state index is 0.599. The first-order valence-electron chi connectivity index (χ1n) is 5.59. The monoisotopic (exact) mass is 343 g/mol. The van der Waals surface area contributed by atoms with Crippen LogP contribution in [0, 0.1) is 3.57 Å². The van der Waals surface area contributed by atoms with Crippen molar-refractivity contribution < 1.29 is 4.42 Å². The van der Waals surface area contributed by atoms with Gasteiger partial charge in [-0.2, -0.15) is 0 Å². The molecule has 0 unspecified atom stereocenters. The van der Waals surface area contributed by atoms with Crippen LogP contribution in [-0.4, -0.2) is 23.3 Å². The molecule has 0 aliphatic heterocycles. The summed E-state index contributed by atoms with van der Waals surface area (Å²) in [5.74, 6) is 1.28. The average Bonchev–Trinajstić information content (AvgIpc) is 2.79. The van der Waals surface area contributed by atoms with Gasteiger partial charge < -0.3 is 9.73 Å². The maximum absolute atomic E-state index is 5.63. The fourth-order valence-electron chi connectivity index (χ4n) is 1.47. The van der Waals surface area contributed by atoms with E-state index in [1.54, 1.807) is 0 Å². The van der Waals surface area contributed by atoms with Gasteiger partial charge in [-0.05, 0) is 41.3 Å². The van der Waals surface area contributed by atoms with Gasteiger partial charge in [0.25, 0.3) is 0 Å². The zero-order valence-electron chi connectivity index (χ0n) is 9.61. The molecule has 0 atom stereocenters. The van der Waals surface area contributed by atoms with E-state index in [2.05, 4.69) is 45.0 Å². The highest BCUT2D eigenvalue weighted by molar-refractivity contribution is 14.1. The molecule has 0 saturated heterocycles. The van der Waals surface area contributed by atoms with E-state index < -0.39 is 0 Å². The molecular formula is C12H14IN3O. The van der Waals surface area contributed by atoms with Crippen LogP contribution in [0.5, 0.6) is 0 Å². The van der Waals surface area contributed by atoms with Crippen molar-refractivity contribution in [3.05, 3.63) is 33.7 Å². The van der Waals surface area contributed by atoms with Crippen molar-refractivity contribution in [2.24, 2.45) is 0 Å². The number of rotatable bonds is 5. The molecule has 0 fully saturated rings. The van der Waals surface area contributed by atoms with Crippen LogP contribution in [0.15, 0.2) is 28.7 Å². The molecule has 0 radical (unpaired) electrons. The number of hydrogen-bond donors (Lipinski definition) is 1. The number of aromatic nitrogens is 2. The third kappa shape index (κ3) is 3.26. The predicted molar refractivity (Wildman–Crippen MR) is 74.7 cm³/mol. The lowest BCUT2D eigenvalue weighted by atomic mass is 10.2. The number of nitrogens with one attached hydrogen (secondary N) is 1. The lowest BCUT2D eigenvalue weighted by Crippen LogP contribution is -2.16. The SMILES string of the molecule is CCNCCc1nnc(-c2ccccc2I)o1. The van der Waals surface area contributed by atoms with Gasteiger partial charge >= 0.3 is 0 Å². The second kappa shape index (κ2) is 6.11. The molecule has 1 aromatic heterocycles. The van der Waals surface area contributed by atoms with Crippen molar-refractivity contribution >= 4 is 22.6 Å². The largest absolute Gasteiger partial charge is 0.421 e. The normalized spacial score (nSPS) is 10.7. The van der Waals surface area contributed by atoms with Crippen LogP contribution >= 0.6 is 22.6 Å². The zero-order valence-corrected chi connectivity index (χ0v) is 11.8. The van der Waals surface area contributed by atoms with E-state index in [1.165, 1.54) is 0 Å². The summed E-state index contributed by atoms with van der Waals surface area (Å²) in [6.45, 7) is 3.90. The molecule has 17 heavy (non-hydrogen) atoms. The lowest BCUT2D eigenvalue weighted by Gasteiger charge is -1.98. The Labute approximate surface area is 114 Å². The van der Waals surface area contributed by atoms with Crippen molar-refractivity contribution in [3.8, 4) is 11.5 Å². The summed E-state index contributed by atoms with van der Waals surface area (Å²) in [7, 11) is 0. The molecule has 1 N–H and O–H groups in total. The Kier molecular flexibility index (Phi) is 4.49. The molecule has 2 aromatic rings. The van der Waals surface area contributed by atoms with E-state index in [-0.39, 0.29) is 0 Å². The molecular weight excluding hydrogens is 329 g/mol. The van der Waals surface area contributed by atoms with Crippen LogP contribution in [0.1, 0.15) is 12.8 Å². The Bertz CT molecular complexity index is 484. The van der Waals surface area contributed by atoms with E-state index in [1.807, 2.05) is 24.3 Å². The third-order valence-electron chi connectivity index (χ3n) is 2.34. The average molecular weight is 343 g/mol. The van der Waals surface area contributed by atoms with Crippen molar-refractivity contribution in [3.63, 3.8) is 0 Å². The Morgan fingerprint density at radius 3 is 2.88 bits per heavy atom. The van der Waals surface area contributed by atoms with Crippen LogP contribution in [0.4, 0.5) is 0 Å². The Morgan fingerprint density at radius 2 is 2.12 bits per heavy atom. The van der Waals surface area contributed by atoms with Crippen molar-refractivity contribution in [2.45, 2.75) is 13.3 Å². The summed E-state index contributed by atoms with van der Waals surface area (Å²) in [4.78, 5) is 0. The van der Waals surface area contributed by atoms with E-state index in [0.29, 0.717) is 11.8 Å². The van der Waals surface area contributed by atoms with Crippen LogP contribution in [0.3, 0.4) is 0 Å². The maximum atomic E-state index is 5.63. The minimum Gasteiger partial charge on any atom is -0.421 e. The van der Waals surface area contributed by atoms with Crippen molar-refractivity contribution in [2.75, 3.05) is 13.1 Å². The molecule has 0 amide bonds. The molecule has 1 heterocycles. The molecule has 0 spiro atoms. The molecule has 0 saturated carbocycles. The summed E-state index contributed by atoms with van der Waals surface area (Å²) >= 11 is 2.27. The van der Waals surface area contributed by atoms with E-state index >= 15 is 0 Å². The number of nitrogens with zero attached hydrogens (tertiary/aromatic N) is 2. The van der Waals surface area contributed by atoms with Gasteiger partial charge in [-0.1, -0.05) is 19.1 Å². The molecule has 0 aliphatic rings. The van der Waals surface area contributed by atoms with Gasteiger partial charge in [-0.15, -0.1) is 10.2 Å². The standard InChI is InChI=1S/C12H14IN3O/c1-2-14-8-7-11-15-16-12(17-11)9-5-3-4-6-10(9)13/h3-6,14H,2,7-8H2,1H3. The fraction of sp³-hybridized carbons (Fsp3) is 0.333. The topological polar surface area (TPSA) is 51.0 Å². The van der Waals surface area contributed by atoms with Gasteiger partial charge in [-0.3, -0.25) is 0 Å². The smallest absolute Gasteiger partial charge is 0.248 e. The lowest BCUT2D eigenvalue weighted by molar-refractivity contribution is 0.496. The quantitative estimate of drug-likeness (QED) is 0.670. The maximum Gasteiger partial charge on any atom is 0.248 e. The van der Waals surface area contributed by atoms with Crippen molar-refractivity contribution in [1.82, 2.24) is 15.5 Å². The van der Waals surface area contributed by atoms with E-state index in [9.17, 15) is 0 Å². The molecule has 5 heteroatoms. The van der Waals surface area contributed by atoms with Crippen LogP contribution in [0.25, 0.3) is 11.5 Å². The van der Waals surface area contributed by atoms with Crippen molar-refractivity contribution in [1.29, 1.82) is 0 Å². The van der Waals surface area contributed by atoms with Crippen LogP contribution in [0.2, 0.25) is 0 Å². The summed E-state index contributed by atoms with van der Waals surface area (Å²) in [5.41, 5.74) is 0.996. The minimum atomic E-state index is 0.599. The van der Waals surface area contributed by atoms with E-state index in [0.717, 1.165) is 28.6 Å². The summed E-state index contributed by atoms with van der Waals surface area (Å²) < 4.78 is 6.75. The highest BCUT2D eigenvalue weighted by Gasteiger charge is 2.10. The van der Waals surface area contributed by atoms with Gasteiger partial charge in [0.05, 0.1) is 5.56 Å². The number of hydrogen-bond acceptors (Lipinski definition) is 4. The number of halogens is 1. The molecule has 4 nitrogen and oxygen atoms in total. The Morgan fingerprint density at radius 1 is 1.29 bits per heavy atom. The first-order chi connectivity index (χ1) is 8.31. The number of benzene rings is 1. The summed E-state index contributed by atoms with van der Waals surface area (Å²) in [6, 6.07) is 7.98. The van der Waals surface area contributed by atoms with Gasteiger partial charge in [0.1, 0.15) is 0 Å². The predicted octanol–water partition coefficient (Wildman–Crippen LogP) is 2.49. The molecule has 90 valence electrons. The van der Waals surface area contributed by atoms with Gasteiger partial charge in [0, 0.05) is 16.5 Å². The third-order valence-corrected chi connectivity index (χ3v) is 3.28. The Hall–Kier alpha value is -0.950. The molecule has 2 rings (SSSR count). The molecule has 0 bridgehead atoms. The van der Waals surface area contributed by atoms with Gasteiger partial charge in [0.2, 0.25) is 11.8 Å². The summed E-state index contributed by atoms with van der Waals surface area (Å²) in [6.07, 6.45) is 0.768. The van der Waals surface area contributed by atoms with Crippen LogP contribution < -0.4 is 5.32 Å². The zero-order chi connectivity index (χ0) is 12.1. The second-order valence-corrected chi connectivity index (χ2v) is 4.75. The Balaban J connectivity index is 2.10. The highest BCUT2D eigenvalue weighted by Crippen LogP contribution is 2.23. The summed E-state index contributed by atoms with van der Waals surface area (Å²) in [5, 5.41) is 11.4. The fourth-order valence-corrected chi connectivity index (χ4v) is 2.09. The van der Waals surface area contributed by atoms with E-state index in [4.69, 9.17) is 4.42 Å². The second-order valence-electron chi connectivity index (χ2n) is 3.58. The molecule has 0 aliphatic carbocycles. The highest BCUT2D eigenvalue weighted by atomic mass is 127. The van der Waals surface area contributed by atoms with Gasteiger partial charge in [0.15, 0.2) is 0 Å². The first-order valence-corrected chi connectivity index (χ1v) is 6.67. The molecule has 1 aromatic carbocycles. The van der Waals surface area contributed by atoms with Crippen LogP contribution in [-0.2, 0) is 6.42 Å². The number of likely N-dealkylation sites (N-methyl/N-ethyl adjacent to an activating group) is 1.